The maximum absolute atomic E-state index is 13.5. The summed E-state index contributed by atoms with van der Waals surface area (Å²) in [6.07, 6.45) is -0.989. The molecule has 3 aromatic heterocycles. The van der Waals surface area contributed by atoms with Gasteiger partial charge >= 0.3 is 6.18 Å². The van der Waals surface area contributed by atoms with Gasteiger partial charge in [0, 0.05) is 31.0 Å². The first-order valence-electron chi connectivity index (χ1n) is 11.8. The molecule has 5 rings (SSSR count). The molecule has 5 aromatic rings. The van der Waals surface area contributed by atoms with Crippen molar-refractivity contribution in [2.45, 2.75) is 19.3 Å². The molecule has 1 amide bonds. The Kier molecular flexibility index (Phi) is 7.03. The van der Waals surface area contributed by atoms with Gasteiger partial charge in [0.25, 0.3) is 5.91 Å². The van der Waals surface area contributed by atoms with Crippen molar-refractivity contribution in [3.8, 4) is 11.1 Å². The topological polar surface area (TPSA) is 110 Å². The molecule has 0 fully saturated rings. The molecule has 0 aliphatic heterocycles. The van der Waals surface area contributed by atoms with Crippen LogP contribution < -0.4 is 16.4 Å². The second kappa shape index (κ2) is 10.6. The third-order valence-corrected chi connectivity index (χ3v) is 6.10. The summed E-state index contributed by atoms with van der Waals surface area (Å²) in [5.74, 6) is -2.80. The molecule has 2 aromatic carbocycles. The van der Waals surface area contributed by atoms with E-state index in [0.29, 0.717) is 23.6 Å². The largest absolute Gasteiger partial charge is 0.417 e. The minimum atomic E-state index is -4.73. The number of alkyl halides is 3. The zero-order chi connectivity index (χ0) is 28.4. The highest BCUT2D eigenvalue weighted by atomic mass is 19.4. The van der Waals surface area contributed by atoms with Crippen LogP contribution in [0.4, 0.5) is 33.6 Å². The van der Waals surface area contributed by atoms with Crippen molar-refractivity contribution in [2.24, 2.45) is 0 Å². The van der Waals surface area contributed by atoms with Gasteiger partial charge in [0.1, 0.15) is 17.7 Å². The molecule has 3 heterocycles. The number of anilines is 2. The number of pyridine rings is 1. The van der Waals surface area contributed by atoms with Crippen molar-refractivity contribution in [3.63, 3.8) is 0 Å². The number of hydrogen-bond acceptors (Lipinski definition) is 6. The van der Waals surface area contributed by atoms with E-state index in [2.05, 4.69) is 25.7 Å². The van der Waals surface area contributed by atoms with Gasteiger partial charge in [-0.25, -0.2) is 23.3 Å². The summed E-state index contributed by atoms with van der Waals surface area (Å²) in [5.41, 5.74) is 7.84. The molecule has 0 aliphatic carbocycles. The lowest BCUT2D eigenvalue weighted by atomic mass is 10.0. The Labute approximate surface area is 223 Å². The van der Waals surface area contributed by atoms with Crippen LogP contribution in [0.3, 0.4) is 0 Å². The molecule has 0 bridgehead atoms. The Bertz CT molecular complexity index is 1700. The Morgan fingerprint density at radius 2 is 1.68 bits per heavy atom. The SMILES string of the molecule is Nc1ncnn2ccc(-c3ccc(CNc4ncc(C(F)(F)F)cc4C(=O)NCc4ccc(F)c(F)c4)cc3)c12. The van der Waals surface area contributed by atoms with Gasteiger partial charge in [-0.15, -0.1) is 0 Å². The smallest absolute Gasteiger partial charge is 0.382 e. The molecule has 0 saturated heterocycles. The first-order chi connectivity index (χ1) is 19.1. The van der Waals surface area contributed by atoms with E-state index in [-0.39, 0.29) is 30.0 Å². The second-order valence-electron chi connectivity index (χ2n) is 8.77. The van der Waals surface area contributed by atoms with Crippen LogP contribution in [0.2, 0.25) is 0 Å². The number of benzene rings is 2. The Hall–Kier alpha value is -5.07. The second-order valence-corrected chi connectivity index (χ2v) is 8.77. The number of fused-ring (bicyclic) bond motifs is 1. The molecule has 8 nitrogen and oxygen atoms in total. The van der Waals surface area contributed by atoms with Gasteiger partial charge in [-0.1, -0.05) is 30.3 Å². The normalized spacial score (nSPS) is 11.5. The number of amides is 1. The van der Waals surface area contributed by atoms with E-state index in [1.54, 1.807) is 22.8 Å². The molecule has 0 saturated carbocycles. The summed E-state index contributed by atoms with van der Waals surface area (Å²) in [5, 5.41) is 9.45. The summed E-state index contributed by atoms with van der Waals surface area (Å²) in [6, 6.07) is 12.9. The lowest BCUT2D eigenvalue weighted by Gasteiger charge is -2.15. The maximum atomic E-state index is 13.5. The van der Waals surface area contributed by atoms with Crippen molar-refractivity contribution in [3.05, 3.63) is 107 Å². The minimum absolute atomic E-state index is 0.0804. The molecule has 0 unspecified atom stereocenters. The summed E-state index contributed by atoms with van der Waals surface area (Å²) in [4.78, 5) is 20.7. The highest BCUT2D eigenvalue weighted by Gasteiger charge is 2.32. The molecule has 0 atom stereocenters. The zero-order valence-electron chi connectivity index (χ0n) is 20.5. The molecular formula is C27H20F5N7O. The van der Waals surface area contributed by atoms with E-state index >= 15 is 0 Å². The average Bonchev–Trinajstić information content (AvgIpc) is 3.38. The maximum Gasteiger partial charge on any atom is 0.417 e. The molecule has 0 radical (unpaired) electrons. The van der Waals surface area contributed by atoms with Gasteiger partial charge < -0.3 is 16.4 Å². The minimum Gasteiger partial charge on any atom is -0.382 e. The first-order valence-corrected chi connectivity index (χ1v) is 11.8. The molecule has 40 heavy (non-hydrogen) atoms. The summed E-state index contributed by atoms with van der Waals surface area (Å²) < 4.78 is 68.3. The van der Waals surface area contributed by atoms with E-state index in [9.17, 15) is 26.7 Å². The van der Waals surface area contributed by atoms with E-state index in [1.807, 2.05) is 18.2 Å². The Morgan fingerprint density at radius 1 is 0.925 bits per heavy atom. The van der Waals surface area contributed by atoms with Crippen molar-refractivity contribution < 1.29 is 26.7 Å². The van der Waals surface area contributed by atoms with Gasteiger partial charge in [0.15, 0.2) is 17.5 Å². The number of rotatable bonds is 7. The summed E-state index contributed by atoms with van der Waals surface area (Å²) in [6.45, 7) is -0.0959. The van der Waals surface area contributed by atoms with Crippen molar-refractivity contribution >= 4 is 23.1 Å². The van der Waals surface area contributed by atoms with Crippen LogP contribution in [0.15, 0.2) is 73.3 Å². The number of nitrogens with zero attached hydrogens (tertiary/aromatic N) is 4. The van der Waals surface area contributed by atoms with Gasteiger partial charge in [-0.2, -0.15) is 18.3 Å². The fraction of sp³-hybridized carbons (Fsp3) is 0.111. The molecule has 13 heteroatoms. The summed E-state index contributed by atoms with van der Waals surface area (Å²) in [7, 11) is 0. The molecular weight excluding hydrogens is 533 g/mol. The quantitative estimate of drug-likeness (QED) is 0.239. The third kappa shape index (κ3) is 5.53. The van der Waals surface area contributed by atoms with E-state index < -0.39 is 29.3 Å². The number of carbonyl (C=O) groups excluding carboxylic acids is 1. The van der Waals surface area contributed by atoms with Crippen molar-refractivity contribution in [1.29, 1.82) is 0 Å². The van der Waals surface area contributed by atoms with Crippen LogP contribution in [0.25, 0.3) is 16.6 Å². The Balaban J connectivity index is 1.34. The number of carbonyl (C=O) groups is 1. The van der Waals surface area contributed by atoms with Crippen LogP contribution in [-0.4, -0.2) is 25.5 Å². The number of nitrogen functional groups attached to an aromatic ring is 1. The standard InChI is InChI=1S/C27H20F5N7O/c28-21-6-3-16(9-22(21)29)12-36-26(40)20-10-18(27(30,31)32)13-35-25(20)34-11-15-1-4-17(5-2-15)19-7-8-39-23(19)24(33)37-14-38-39/h1-10,13-14H,11-12H2,(H,34,35)(H,36,40)(H2,33,37,38). The number of nitrogens with two attached hydrogens (primary N) is 1. The lowest BCUT2D eigenvalue weighted by molar-refractivity contribution is -0.137. The number of aromatic nitrogens is 4. The van der Waals surface area contributed by atoms with Crippen molar-refractivity contribution in [1.82, 2.24) is 24.9 Å². The summed E-state index contributed by atoms with van der Waals surface area (Å²) >= 11 is 0. The van der Waals surface area contributed by atoms with Crippen LogP contribution >= 0.6 is 0 Å². The van der Waals surface area contributed by atoms with Gasteiger partial charge in [-0.3, -0.25) is 4.79 Å². The van der Waals surface area contributed by atoms with Crippen molar-refractivity contribution in [2.75, 3.05) is 11.1 Å². The highest BCUT2D eigenvalue weighted by molar-refractivity contribution is 5.99. The highest BCUT2D eigenvalue weighted by Crippen LogP contribution is 2.31. The van der Waals surface area contributed by atoms with Crippen LogP contribution in [0.5, 0.6) is 0 Å². The number of hydrogen-bond donors (Lipinski definition) is 3. The monoisotopic (exact) mass is 553 g/mol. The number of nitrogens with one attached hydrogen (secondary N) is 2. The van der Waals surface area contributed by atoms with Gasteiger partial charge in [0.05, 0.1) is 11.1 Å². The molecule has 4 N–H and O–H groups in total. The number of halogens is 5. The van der Waals surface area contributed by atoms with Crippen LogP contribution in [0, 0.1) is 11.6 Å². The van der Waals surface area contributed by atoms with Gasteiger partial charge in [0.2, 0.25) is 0 Å². The molecule has 0 aliphatic rings. The van der Waals surface area contributed by atoms with E-state index in [0.717, 1.165) is 28.8 Å². The lowest BCUT2D eigenvalue weighted by Crippen LogP contribution is -2.25. The van der Waals surface area contributed by atoms with Crippen LogP contribution in [0.1, 0.15) is 27.0 Å². The van der Waals surface area contributed by atoms with E-state index in [4.69, 9.17) is 5.73 Å². The van der Waals surface area contributed by atoms with Crippen LogP contribution in [-0.2, 0) is 19.3 Å². The van der Waals surface area contributed by atoms with Gasteiger partial charge in [-0.05, 0) is 41.0 Å². The predicted octanol–water partition coefficient (Wildman–Crippen LogP) is 5.21. The zero-order valence-corrected chi connectivity index (χ0v) is 20.5. The molecule has 204 valence electrons. The predicted molar refractivity (Wildman–Crippen MR) is 137 cm³/mol. The fourth-order valence-corrected chi connectivity index (χ4v) is 4.06. The fourth-order valence-electron chi connectivity index (χ4n) is 4.06. The third-order valence-electron chi connectivity index (χ3n) is 6.10. The average molecular weight is 553 g/mol. The first kappa shape index (κ1) is 26.5. The molecule has 0 spiro atoms. The van der Waals surface area contributed by atoms with E-state index in [1.165, 1.54) is 12.4 Å². The Morgan fingerprint density at radius 3 is 2.40 bits per heavy atom.